The molecule has 1 rings (SSSR count). The van der Waals surface area contributed by atoms with Gasteiger partial charge in [-0.1, -0.05) is 26.8 Å². The van der Waals surface area contributed by atoms with Gasteiger partial charge < -0.3 is 0 Å². The Kier molecular flexibility index (Phi) is 3.31. The van der Waals surface area contributed by atoms with Crippen molar-refractivity contribution >= 4 is 0 Å². The van der Waals surface area contributed by atoms with Crippen LogP contribution in [0.1, 0.15) is 31.9 Å². The normalized spacial score (nSPS) is 12.9. The molecule has 0 atom stereocenters. The van der Waals surface area contributed by atoms with Crippen LogP contribution in [0.4, 0.5) is 17.6 Å². The van der Waals surface area contributed by atoms with Crippen LogP contribution in [-0.4, -0.2) is 0 Å². The van der Waals surface area contributed by atoms with Crippen molar-refractivity contribution in [3.05, 3.63) is 35.1 Å². The van der Waals surface area contributed by atoms with Crippen LogP contribution in [0.15, 0.2) is 18.2 Å². The molecule has 4 heteroatoms. The Balaban J connectivity index is 3.25. The van der Waals surface area contributed by atoms with Gasteiger partial charge in [-0.05, 0) is 24.0 Å². The van der Waals surface area contributed by atoms with Crippen LogP contribution in [0.3, 0.4) is 0 Å². The van der Waals surface area contributed by atoms with Crippen LogP contribution < -0.4 is 0 Å². The van der Waals surface area contributed by atoms with Crippen LogP contribution in [0.25, 0.3) is 0 Å². The van der Waals surface area contributed by atoms with E-state index in [1.807, 2.05) is 0 Å². The van der Waals surface area contributed by atoms with Gasteiger partial charge in [0, 0.05) is 5.56 Å². The van der Waals surface area contributed by atoms with Gasteiger partial charge in [0.15, 0.2) is 0 Å². The van der Waals surface area contributed by atoms with Crippen LogP contribution in [0, 0.1) is 11.2 Å². The third-order valence-corrected chi connectivity index (χ3v) is 2.13. The van der Waals surface area contributed by atoms with Crippen molar-refractivity contribution in [1.29, 1.82) is 0 Å². The van der Waals surface area contributed by atoms with Crippen molar-refractivity contribution < 1.29 is 17.6 Å². The van der Waals surface area contributed by atoms with E-state index < -0.39 is 17.6 Å². The van der Waals surface area contributed by atoms with Gasteiger partial charge in [0.2, 0.25) is 0 Å². The van der Waals surface area contributed by atoms with Gasteiger partial charge in [-0.2, -0.15) is 13.2 Å². The molecule has 0 aliphatic rings. The highest BCUT2D eigenvalue weighted by molar-refractivity contribution is 5.31. The third-order valence-electron chi connectivity index (χ3n) is 2.13. The molecule has 0 saturated carbocycles. The summed E-state index contributed by atoms with van der Waals surface area (Å²) >= 11 is 0. The van der Waals surface area contributed by atoms with E-state index in [4.69, 9.17) is 0 Å². The van der Waals surface area contributed by atoms with E-state index in [9.17, 15) is 17.6 Å². The highest BCUT2D eigenvalue weighted by atomic mass is 19.4. The predicted molar refractivity (Wildman–Crippen MR) is 54.6 cm³/mol. The summed E-state index contributed by atoms with van der Waals surface area (Å²) in [5.74, 6) is -0.787. The molecule has 0 heterocycles. The van der Waals surface area contributed by atoms with Crippen molar-refractivity contribution in [2.45, 2.75) is 33.4 Å². The van der Waals surface area contributed by atoms with Crippen molar-refractivity contribution in [3.8, 4) is 0 Å². The molecule has 0 aromatic heterocycles. The number of hydrogen-bond donors (Lipinski definition) is 0. The molecule has 0 fully saturated rings. The largest absolute Gasteiger partial charge is 0.416 e. The summed E-state index contributed by atoms with van der Waals surface area (Å²) in [6.45, 7) is 5.33. The van der Waals surface area contributed by atoms with E-state index >= 15 is 0 Å². The monoisotopic (exact) mass is 234 g/mol. The molecule has 16 heavy (non-hydrogen) atoms. The van der Waals surface area contributed by atoms with E-state index in [2.05, 4.69) is 0 Å². The average molecular weight is 234 g/mol. The Labute approximate surface area is 92.3 Å². The summed E-state index contributed by atoms with van der Waals surface area (Å²) in [4.78, 5) is 0. The minimum atomic E-state index is -4.50. The molecule has 0 nitrogen and oxygen atoms in total. The Morgan fingerprint density at radius 3 is 2.06 bits per heavy atom. The van der Waals surface area contributed by atoms with E-state index in [0.29, 0.717) is 0 Å². The second-order valence-corrected chi connectivity index (χ2v) is 5.00. The first-order chi connectivity index (χ1) is 7.11. The summed E-state index contributed by atoms with van der Waals surface area (Å²) in [7, 11) is 0. The smallest absolute Gasteiger partial charge is 0.207 e. The van der Waals surface area contributed by atoms with E-state index in [1.54, 1.807) is 20.8 Å². The Hall–Kier alpha value is -1.06. The minimum Gasteiger partial charge on any atom is -0.207 e. The summed E-state index contributed by atoms with van der Waals surface area (Å²) in [5, 5.41) is 0. The zero-order chi connectivity index (χ0) is 12.6. The molecule has 0 spiro atoms. The maximum Gasteiger partial charge on any atom is 0.416 e. The fourth-order valence-corrected chi connectivity index (χ4v) is 1.53. The zero-order valence-corrected chi connectivity index (χ0v) is 9.45. The molecular weight excluding hydrogens is 220 g/mol. The number of halogens is 4. The molecule has 0 unspecified atom stereocenters. The van der Waals surface area contributed by atoms with Gasteiger partial charge in [0.1, 0.15) is 5.82 Å². The van der Waals surface area contributed by atoms with Crippen LogP contribution in [0.2, 0.25) is 0 Å². The Morgan fingerprint density at radius 2 is 1.62 bits per heavy atom. The van der Waals surface area contributed by atoms with Gasteiger partial charge in [0.25, 0.3) is 0 Å². The first kappa shape index (κ1) is 13.0. The van der Waals surface area contributed by atoms with E-state index in [-0.39, 0.29) is 17.4 Å². The molecule has 0 amide bonds. The van der Waals surface area contributed by atoms with Gasteiger partial charge in [-0.25, -0.2) is 4.39 Å². The second-order valence-electron chi connectivity index (χ2n) is 5.00. The zero-order valence-electron chi connectivity index (χ0n) is 9.45. The fourth-order valence-electron chi connectivity index (χ4n) is 1.53. The van der Waals surface area contributed by atoms with Gasteiger partial charge in [0.05, 0.1) is 5.56 Å². The first-order valence-corrected chi connectivity index (χ1v) is 4.96. The predicted octanol–water partition coefficient (Wildman–Crippen LogP) is 4.43. The quantitative estimate of drug-likeness (QED) is 0.630. The minimum absolute atomic E-state index is 0.0640. The maximum absolute atomic E-state index is 13.4. The van der Waals surface area contributed by atoms with Gasteiger partial charge >= 0.3 is 6.18 Å². The molecule has 1 aromatic rings. The van der Waals surface area contributed by atoms with Crippen molar-refractivity contribution in [3.63, 3.8) is 0 Å². The number of alkyl halides is 3. The molecule has 1 aromatic carbocycles. The summed E-state index contributed by atoms with van der Waals surface area (Å²) in [6.07, 6.45) is -4.43. The van der Waals surface area contributed by atoms with Crippen molar-refractivity contribution in [2.75, 3.05) is 0 Å². The number of hydrogen-bond acceptors (Lipinski definition) is 0. The first-order valence-electron chi connectivity index (χ1n) is 4.96. The Bertz CT molecular complexity index is 372. The lowest BCUT2D eigenvalue weighted by Gasteiger charge is -2.21. The van der Waals surface area contributed by atoms with E-state index in [0.717, 1.165) is 18.2 Å². The highest BCUT2D eigenvalue weighted by Crippen LogP contribution is 2.35. The SMILES string of the molecule is CC(C)(C)Cc1c(F)cccc1C(F)(F)F. The van der Waals surface area contributed by atoms with Crippen LogP contribution in [-0.2, 0) is 12.6 Å². The fraction of sp³-hybridized carbons (Fsp3) is 0.500. The molecular formula is C12H14F4. The summed E-state index contributed by atoms with van der Waals surface area (Å²) in [5.41, 5.74) is -1.51. The van der Waals surface area contributed by atoms with Crippen LogP contribution in [0.5, 0.6) is 0 Å². The van der Waals surface area contributed by atoms with Crippen LogP contribution >= 0.6 is 0 Å². The third kappa shape index (κ3) is 3.22. The molecule has 0 aliphatic carbocycles. The molecule has 0 N–H and O–H groups in total. The standard InChI is InChI=1S/C12H14F4/c1-11(2,3)7-8-9(12(14,15)16)5-4-6-10(8)13/h4-6H,7H2,1-3H3. The lowest BCUT2D eigenvalue weighted by molar-refractivity contribution is -0.138. The summed E-state index contributed by atoms with van der Waals surface area (Å²) in [6, 6.07) is 3.07. The van der Waals surface area contributed by atoms with E-state index in [1.165, 1.54) is 0 Å². The average Bonchev–Trinajstić information content (AvgIpc) is 2.04. The summed E-state index contributed by atoms with van der Waals surface area (Å²) < 4.78 is 51.3. The van der Waals surface area contributed by atoms with Gasteiger partial charge in [-0.3, -0.25) is 0 Å². The topological polar surface area (TPSA) is 0 Å². The molecule has 0 bridgehead atoms. The maximum atomic E-state index is 13.4. The molecule has 0 saturated heterocycles. The lowest BCUT2D eigenvalue weighted by Crippen LogP contribution is -2.17. The highest BCUT2D eigenvalue weighted by Gasteiger charge is 2.35. The van der Waals surface area contributed by atoms with Gasteiger partial charge in [-0.15, -0.1) is 0 Å². The number of rotatable bonds is 1. The van der Waals surface area contributed by atoms with Crippen molar-refractivity contribution in [2.24, 2.45) is 5.41 Å². The van der Waals surface area contributed by atoms with Crippen molar-refractivity contribution in [1.82, 2.24) is 0 Å². The molecule has 0 radical (unpaired) electrons. The second kappa shape index (κ2) is 4.07. The molecule has 0 aliphatic heterocycles. The molecule has 90 valence electrons. The lowest BCUT2D eigenvalue weighted by atomic mass is 9.86. The Morgan fingerprint density at radius 1 is 1.06 bits per heavy atom. The number of benzene rings is 1.